The Labute approximate surface area is 220 Å². The summed E-state index contributed by atoms with van der Waals surface area (Å²) in [5, 5.41) is 11.0. The van der Waals surface area contributed by atoms with Gasteiger partial charge >= 0.3 is 6.03 Å². The number of hydrogen-bond donors (Lipinski definition) is 1. The Balaban J connectivity index is 1.59. The van der Waals surface area contributed by atoms with Gasteiger partial charge in [0.15, 0.2) is 0 Å². The van der Waals surface area contributed by atoms with Crippen molar-refractivity contribution in [1.82, 2.24) is 9.91 Å². The Kier molecular flexibility index (Phi) is 8.76. The fourth-order valence-electron chi connectivity index (χ4n) is 4.15. The lowest BCUT2D eigenvalue weighted by Crippen LogP contribution is -2.44. The molecule has 1 aliphatic rings. The molecule has 0 saturated heterocycles. The Morgan fingerprint density at radius 3 is 2.46 bits per heavy atom. The molecule has 2 heterocycles. The van der Waals surface area contributed by atoms with Crippen LogP contribution in [0.15, 0.2) is 71.1 Å². The van der Waals surface area contributed by atoms with Gasteiger partial charge in [0.05, 0.1) is 43.1 Å². The normalized spacial score (nSPS) is 14.7. The summed E-state index contributed by atoms with van der Waals surface area (Å²) in [6, 6.07) is 17.9. The number of hydrogen-bond acceptors (Lipinski definition) is 7. The lowest BCUT2D eigenvalue weighted by atomic mass is 10.00. The number of thiophene rings is 1. The van der Waals surface area contributed by atoms with Crippen LogP contribution in [0.1, 0.15) is 22.9 Å². The summed E-state index contributed by atoms with van der Waals surface area (Å²) in [5.74, 6) is 0.890. The minimum absolute atomic E-state index is 0.183. The average molecular weight is 523 g/mol. The molecule has 3 amide bonds. The summed E-state index contributed by atoms with van der Waals surface area (Å²) in [4.78, 5) is 29.3. The lowest BCUT2D eigenvalue weighted by molar-refractivity contribution is -0.133. The Hall–Kier alpha value is -3.89. The van der Waals surface area contributed by atoms with Crippen molar-refractivity contribution in [2.75, 3.05) is 46.3 Å². The number of carbonyl (C=O) groups is 2. The minimum Gasteiger partial charge on any atom is -0.496 e. The number of urea groups is 1. The molecule has 4 rings (SSSR count). The highest BCUT2D eigenvalue weighted by atomic mass is 32.1. The highest BCUT2D eigenvalue weighted by Crippen LogP contribution is 2.38. The number of rotatable bonds is 10. The number of anilines is 1. The molecule has 3 aromatic rings. The number of benzene rings is 2. The fraction of sp³-hybridized carbons (Fsp3) is 0.296. The van der Waals surface area contributed by atoms with Crippen LogP contribution in [0.4, 0.5) is 10.5 Å². The van der Waals surface area contributed by atoms with Gasteiger partial charge in [-0.25, -0.2) is 9.80 Å². The van der Waals surface area contributed by atoms with E-state index >= 15 is 0 Å². The summed E-state index contributed by atoms with van der Waals surface area (Å²) < 4.78 is 16.1. The maximum atomic E-state index is 13.7. The maximum absolute atomic E-state index is 13.7. The molecule has 10 heteroatoms. The molecule has 1 atom stereocenters. The predicted octanol–water partition coefficient (Wildman–Crippen LogP) is 4.62. The molecule has 0 saturated carbocycles. The molecule has 194 valence electrons. The third kappa shape index (κ3) is 6.10. The standard InChI is InChI=1S/C27H30N4O5S/c1-34-15-14-30(27(33)28-20-10-5-7-12-24(20)36-3)18-26(32)31-22(19-9-4-6-11-23(19)35-2)17-21(29-31)25-13-8-16-37-25/h4-13,16,22H,14-15,17-18H2,1-3H3,(H,28,33)/t22-/m0/s1. The van der Waals surface area contributed by atoms with Gasteiger partial charge in [0, 0.05) is 25.6 Å². The van der Waals surface area contributed by atoms with E-state index < -0.39 is 6.03 Å². The van der Waals surface area contributed by atoms with E-state index in [-0.39, 0.29) is 31.6 Å². The Bertz CT molecular complexity index is 1250. The first-order valence-electron chi connectivity index (χ1n) is 11.8. The van der Waals surface area contributed by atoms with Gasteiger partial charge in [-0.05, 0) is 29.6 Å². The van der Waals surface area contributed by atoms with E-state index in [1.54, 1.807) is 43.8 Å². The van der Waals surface area contributed by atoms with Gasteiger partial charge in [0.2, 0.25) is 0 Å². The molecule has 9 nitrogen and oxygen atoms in total. The number of hydrazone groups is 1. The van der Waals surface area contributed by atoms with Crippen LogP contribution in [-0.2, 0) is 9.53 Å². The van der Waals surface area contributed by atoms with E-state index in [0.29, 0.717) is 23.6 Å². The second-order valence-corrected chi connectivity index (χ2v) is 9.22. The molecule has 0 bridgehead atoms. The number of methoxy groups -OCH3 is 3. The number of para-hydroxylation sites is 3. The molecule has 0 spiro atoms. The zero-order chi connectivity index (χ0) is 26.2. The Morgan fingerprint density at radius 1 is 1.03 bits per heavy atom. The third-order valence-electron chi connectivity index (χ3n) is 6.00. The summed E-state index contributed by atoms with van der Waals surface area (Å²) in [5.41, 5.74) is 2.19. The van der Waals surface area contributed by atoms with Crippen LogP contribution in [0.25, 0.3) is 0 Å². The molecule has 1 N–H and O–H groups in total. The number of nitrogens with one attached hydrogen (secondary N) is 1. The van der Waals surface area contributed by atoms with Crippen LogP contribution in [0.3, 0.4) is 0 Å². The summed E-state index contributed by atoms with van der Waals surface area (Å²) in [6.45, 7) is 0.307. The first kappa shape index (κ1) is 26.2. The first-order chi connectivity index (χ1) is 18.0. The van der Waals surface area contributed by atoms with Gasteiger partial charge in [0.25, 0.3) is 5.91 Å². The second kappa shape index (κ2) is 12.4. The quantitative estimate of drug-likeness (QED) is 0.419. The molecule has 1 aromatic heterocycles. The van der Waals surface area contributed by atoms with Crippen molar-refractivity contribution in [3.05, 3.63) is 76.5 Å². The maximum Gasteiger partial charge on any atom is 0.322 e. The van der Waals surface area contributed by atoms with Crippen molar-refractivity contribution in [3.8, 4) is 11.5 Å². The van der Waals surface area contributed by atoms with E-state index in [9.17, 15) is 9.59 Å². The Morgan fingerprint density at radius 2 is 1.76 bits per heavy atom. The van der Waals surface area contributed by atoms with Gasteiger partial charge in [-0.2, -0.15) is 5.10 Å². The van der Waals surface area contributed by atoms with E-state index in [2.05, 4.69) is 5.32 Å². The molecule has 0 aliphatic carbocycles. The molecule has 0 unspecified atom stereocenters. The van der Waals surface area contributed by atoms with Crippen molar-refractivity contribution >= 4 is 34.7 Å². The number of nitrogens with zero attached hydrogens (tertiary/aromatic N) is 3. The molecule has 2 aromatic carbocycles. The highest BCUT2D eigenvalue weighted by Gasteiger charge is 2.36. The van der Waals surface area contributed by atoms with Gasteiger partial charge in [0.1, 0.15) is 18.0 Å². The van der Waals surface area contributed by atoms with E-state index in [1.165, 1.54) is 17.0 Å². The molecule has 37 heavy (non-hydrogen) atoms. The van der Waals surface area contributed by atoms with Gasteiger partial charge < -0.3 is 24.4 Å². The number of amides is 3. The first-order valence-corrected chi connectivity index (χ1v) is 12.7. The minimum atomic E-state index is -0.439. The van der Waals surface area contributed by atoms with Crippen LogP contribution < -0.4 is 14.8 Å². The zero-order valence-electron chi connectivity index (χ0n) is 21.0. The van der Waals surface area contributed by atoms with Crippen LogP contribution in [0.5, 0.6) is 11.5 Å². The smallest absolute Gasteiger partial charge is 0.322 e. The molecule has 1 aliphatic heterocycles. The fourth-order valence-corrected chi connectivity index (χ4v) is 4.87. The molecular weight excluding hydrogens is 492 g/mol. The highest BCUT2D eigenvalue weighted by molar-refractivity contribution is 7.12. The van der Waals surface area contributed by atoms with Crippen molar-refractivity contribution in [1.29, 1.82) is 0 Å². The van der Waals surface area contributed by atoms with Crippen LogP contribution >= 0.6 is 11.3 Å². The van der Waals surface area contributed by atoms with Crippen molar-refractivity contribution < 1.29 is 23.8 Å². The van der Waals surface area contributed by atoms with Crippen molar-refractivity contribution in [3.63, 3.8) is 0 Å². The third-order valence-corrected chi connectivity index (χ3v) is 6.92. The summed E-state index contributed by atoms with van der Waals surface area (Å²) in [7, 11) is 4.69. The summed E-state index contributed by atoms with van der Waals surface area (Å²) >= 11 is 1.57. The second-order valence-electron chi connectivity index (χ2n) is 8.27. The summed E-state index contributed by atoms with van der Waals surface area (Å²) in [6.07, 6.45) is 0.540. The predicted molar refractivity (Wildman–Crippen MR) is 144 cm³/mol. The molecular formula is C27H30N4O5S. The van der Waals surface area contributed by atoms with E-state index in [1.807, 2.05) is 47.8 Å². The number of ether oxygens (including phenoxy) is 3. The SMILES string of the molecule is COCCN(CC(=O)N1N=C(c2cccs2)C[C@H]1c1ccccc1OC)C(=O)Nc1ccccc1OC. The molecule has 0 radical (unpaired) electrons. The average Bonchev–Trinajstić information content (AvgIpc) is 3.61. The largest absolute Gasteiger partial charge is 0.496 e. The van der Waals surface area contributed by atoms with Gasteiger partial charge in [-0.3, -0.25) is 4.79 Å². The van der Waals surface area contributed by atoms with Crippen molar-refractivity contribution in [2.24, 2.45) is 5.10 Å². The van der Waals surface area contributed by atoms with Crippen LogP contribution in [-0.4, -0.2) is 68.6 Å². The number of carbonyl (C=O) groups excluding carboxylic acids is 2. The van der Waals surface area contributed by atoms with Crippen LogP contribution in [0, 0.1) is 0 Å². The lowest BCUT2D eigenvalue weighted by Gasteiger charge is -2.27. The van der Waals surface area contributed by atoms with Crippen molar-refractivity contribution in [2.45, 2.75) is 12.5 Å². The van der Waals surface area contributed by atoms with Gasteiger partial charge in [-0.1, -0.05) is 36.4 Å². The zero-order valence-corrected chi connectivity index (χ0v) is 21.9. The monoisotopic (exact) mass is 522 g/mol. The van der Waals surface area contributed by atoms with E-state index in [0.717, 1.165) is 16.2 Å². The van der Waals surface area contributed by atoms with Crippen LogP contribution in [0.2, 0.25) is 0 Å². The van der Waals surface area contributed by atoms with E-state index in [4.69, 9.17) is 19.3 Å². The molecule has 0 fully saturated rings. The van der Waals surface area contributed by atoms with Gasteiger partial charge in [-0.15, -0.1) is 11.3 Å². The topological polar surface area (TPSA) is 92.7 Å².